The van der Waals surface area contributed by atoms with Crippen molar-refractivity contribution >= 4 is 17.4 Å². The Bertz CT molecular complexity index is 752. The minimum absolute atomic E-state index is 0.123. The van der Waals surface area contributed by atoms with E-state index < -0.39 is 0 Å². The summed E-state index contributed by atoms with van der Waals surface area (Å²) in [7, 11) is 0. The molecule has 0 radical (unpaired) electrons. The summed E-state index contributed by atoms with van der Waals surface area (Å²) in [6.45, 7) is 4.13. The van der Waals surface area contributed by atoms with Crippen LogP contribution in [0.25, 0.3) is 5.65 Å². The van der Waals surface area contributed by atoms with Crippen LogP contribution in [0.15, 0.2) is 12.1 Å². The molecule has 0 aliphatic carbocycles. The molecule has 2 saturated heterocycles. The maximum Gasteiger partial charge on any atom is 0.223 e. The summed E-state index contributed by atoms with van der Waals surface area (Å²) in [6, 6.07) is 3.77. The zero-order valence-corrected chi connectivity index (χ0v) is 14.8. The zero-order chi connectivity index (χ0) is 17.8. The summed E-state index contributed by atoms with van der Waals surface area (Å²) in [6.07, 6.45) is 3.36. The molecule has 2 aliphatic heterocycles. The first-order valence-electron chi connectivity index (χ1n) is 9.22. The number of carbonyl (C=O) groups excluding carboxylic acids is 1. The van der Waals surface area contributed by atoms with Crippen LogP contribution in [0, 0.1) is 0 Å². The van der Waals surface area contributed by atoms with Crippen LogP contribution in [-0.4, -0.2) is 76.2 Å². The highest BCUT2D eigenvalue weighted by molar-refractivity contribution is 5.76. The first-order chi connectivity index (χ1) is 12.8. The Morgan fingerprint density at radius 3 is 2.92 bits per heavy atom. The van der Waals surface area contributed by atoms with Crippen LogP contribution < -0.4 is 5.32 Å². The van der Waals surface area contributed by atoms with Crippen LogP contribution >= 0.6 is 0 Å². The van der Waals surface area contributed by atoms with Gasteiger partial charge in [0.15, 0.2) is 11.5 Å². The van der Waals surface area contributed by atoms with Crippen molar-refractivity contribution in [2.75, 3.05) is 44.8 Å². The van der Waals surface area contributed by atoms with Crippen LogP contribution in [0.4, 0.5) is 5.82 Å². The average molecular weight is 360 g/mol. The lowest BCUT2D eigenvalue weighted by molar-refractivity contribution is -0.135. The minimum Gasteiger partial charge on any atom is -0.378 e. The van der Waals surface area contributed by atoms with Gasteiger partial charge in [0.1, 0.15) is 5.82 Å². The second-order valence-corrected chi connectivity index (χ2v) is 6.61. The first-order valence-corrected chi connectivity index (χ1v) is 9.22. The van der Waals surface area contributed by atoms with Gasteiger partial charge in [0.2, 0.25) is 5.91 Å². The number of aryl methyl sites for hydroxylation is 1. The van der Waals surface area contributed by atoms with Crippen LogP contribution in [-0.2, 0) is 20.7 Å². The van der Waals surface area contributed by atoms with Crippen LogP contribution in [0.1, 0.15) is 25.1 Å². The molecule has 9 heteroatoms. The zero-order valence-electron chi connectivity index (χ0n) is 14.8. The van der Waals surface area contributed by atoms with Gasteiger partial charge in [-0.25, -0.2) is 0 Å². The van der Waals surface area contributed by atoms with Crippen LogP contribution in [0.2, 0.25) is 0 Å². The molecule has 1 atom stereocenters. The molecular formula is C17H24N6O3. The van der Waals surface area contributed by atoms with Gasteiger partial charge >= 0.3 is 0 Å². The van der Waals surface area contributed by atoms with Gasteiger partial charge in [0.25, 0.3) is 0 Å². The smallest absolute Gasteiger partial charge is 0.223 e. The van der Waals surface area contributed by atoms with Crippen molar-refractivity contribution in [1.82, 2.24) is 24.7 Å². The van der Waals surface area contributed by atoms with Gasteiger partial charge in [0, 0.05) is 39.1 Å². The van der Waals surface area contributed by atoms with E-state index in [1.807, 2.05) is 17.0 Å². The molecule has 2 fully saturated rings. The van der Waals surface area contributed by atoms with Gasteiger partial charge in [0.05, 0.1) is 19.3 Å². The molecule has 0 spiro atoms. The minimum atomic E-state index is 0.123. The van der Waals surface area contributed by atoms with Crippen LogP contribution in [0.3, 0.4) is 0 Å². The van der Waals surface area contributed by atoms with Gasteiger partial charge in [-0.05, 0) is 25.0 Å². The van der Waals surface area contributed by atoms with Crippen molar-refractivity contribution in [1.29, 1.82) is 0 Å². The third-order valence-corrected chi connectivity index (χ3v) is 4.79. The lowest BCUT2D eigenvalue weighted by atomic mass is 10.2. The Kier molecular flexibility index (Phi) is 5.26. The predicted octanol–water partition coefficient (Wildman–Crippen LogP) is 0.507. The van der Waals surface area contributed by atoms with E-state index in [4.69, 9.17) is 9.47 Å². The fourth-order valence-corrected chi connectivity index (χ4v) is 3.30. The normalized spacial score (nSPS) is 20.6. The fourth-order valence-electron chi connectivity index (χ4n) is 3.30. The average Bonchev–Trinajstić information content (AvgIpc) is 3.34. The van der Waals surface area contributed by atoms with E-state index in [0.29, 0.717) is 50.6 Å². The topological polar surface area (TPSA) is 93.9 Å². The number of fused-ring (bicyclic) bond motifs is 1. The number of ether oxygens (including phenoxy) is 2. The number of anilines is 1. The standard InChI is InChI=1S/C17H24N6O3/c24-17(22-7-10-25-11-8-22)6-5-16-20-19-15-4-3-14(21-23(15)16)18-12-13-2-1-9-26-13/h3-4,13H,1-2,5-12H2,(H,18,21)/t13-/m0/s1. The van der Waals surface area contributed by atoms with Gasteiger partial charge in [-0.2, -0.15) is 4.52 Å². The predicted molar refractivity (Wildman–Crippen MR) is 94.0 cm³/mol. The molecule has 0 aromatic carbocycles. The molecule has 26 heavy (non-hydrogen) atoms. The molecule has 2 aromatic rings. The number of hydrogen-bond donors (Lipinski definition) is 1. The molecule has 9 nitrogen and oxygen atoms in total. The van der Waals surface area contributed by atoms with E-state index >= 15 is 0 Å². The maximum atomic E-state index is 12.3. The third kappa shape index (κ3) is 3.94. The molecule has 2 aliphatic rings. The Labute approximate surface area is 151 Å². The summed E-state index contributed by atoms with van der Waals surface area (Å²) in [5.74, 6) is 1.58. The molecule has 1 amide bonds. The van der Waals surface area contributed by atoms with Gasteiger partial charge in [-0.15, -0.1) is 15.3 Å². The lowest BCUT2D eigenvalue weighted by Gasteiger charge is -2.26. The molecule has 0 unspecified atom stereocenters. The van der Waals surface area contributed by atoms with Crippen molar-refractivity contribution in [2.24, 2.45) is 0 Å². The summed E-state index contributed by atoms with van der Waals surface area (Å²) in [5.41, 5.74) is 0.682. The van der Waals surface area contributed by atoms with E-state index in [1.54, 1.807) is 4.52 Å². The van der Waals surface area contributed by atoms with Gasteiger partial charge < -0.3 is 19.7 Å². The van der Waals surface area contributed by atoms with Crippen molar-refractivity contribution in [3.8, 4) is 0 Å². The SMILES string of the molecule is O=C(CCc1nnc2ccc(NC[C@@H]3CCCO3)nn12)N1CCOCC1. The molecule has 2 aromatic heterocycles. The van der Waals surface area contributed by atoms with Crippen molar-refractivity contribution in [3.63, 3.8) is 0 Å². The van der Waals surface area contributed by atoms with Gasteiger partial charge in [-0.3, -0.25) is 4.79 Å². The summed E-state index contributed by atoms with van der Waals surface area (Å²) < 4.78 is 12.6. The molecule has 0 bridgehead atoms. The number of morpholine rings is 1. The lowest BCUT2D eigenvalue weighted by Crippen LogP contribution is -2.40. The summed E-state index contributed by atoms with van der Waals surface area (Å²) >= 11 is 0. The third-order valence-electron chi connectivity index (χ3n) is 4.79. The second kappa shape index (κ2) is 7.96. The maximum absolute atomic E-state index is 12.3. The van der Waals surface area contributed by atoms with E-state index in [0.717, 1.165) is 31.8 Å². The highest BCUT2D eigenvalue weighted by Crippen LogP contribution is 2.14. The van der Waals surface area contributed by atoms with E-state index in [1.165, 1.54) is 0 Å². The number of rotatable bonds is 6. The van der Waals surface area contributed by atoms with E-state index in [2.05, 4.69) is 20.6 Å². The number of amides is 1. The molecule has 1 N–H and O–H groups in total. The number of hydrogen-bond acceptors (Lipinski definition) is 7. The first kappa shape index (κ1) is 17.2. The second-order valence-electron chi connectivity index (χ2n) is 6.61. The van der Waals surface area contributed by atoms with E-state index in [9.17, 15) is 4.79 Å². The fraction of sp³-hybridized carbons (Fsp3) is 0.647. The highest BCUT2D eigenvalue weighted by atomic mass is 16.5. The molecule has 4 rings (SSSR count). The quantitative estimate of drug-likeness (QED) is 0.802. The largest absolute Gasteiger partial charge is 0.378 e. The Balaban J connectivity index is 1.38. The number of carbonyl (C=O) groups is 1. The highest BCUT2D eigenvalue weighted by Gasteiger charge is 2.18. The van der Waals surface area contributed by atoms with Gasteiger partial charge in [-0.1, -0.05) is 0 Å². The monoisotopic (exact) mass is 360 g/mol. The van der Waals surface area contributed by atoms with E-state index in [-0.39, 0.29) is 12.0 Å². The van der Waals surface area contributed by atoms with Crippen molar-refractivity contribution < 1.29 is 14.3 Å². The summed E-state index contributed by atoms with van der Waals surface area (Å²) in [4.78, 5) is 14.2. The molecule has 4 heterocycles. The number of nitrogens with one attached hydrogen (secondary N) is 1. The van der Waals surface area contributed by atoms with Crippen molar-refractivity contribution in [2.45, 2.75) is 31.8 Å². The Hall–Kier alpha value is -2.26. The van der Waals surface area contributed by atoms with Crippen molar-refractivity contribution in [3.05, 3.63) is 18.0 Å². The Morgan fingerprint density at radius 2 is 2.12 bits per heavy atom. The molecular weight excluding hydrogens is 336 g/mol. The molecule has 0 saturated carbocycles. The number of aromatic nitrogens is 4. The number of nitrogens with zero attached hydrogens (tertiary/aromatic N) is 5. The van der Waals surface area contributed by atoms with Crippen LogP contribution in [0.5, 0.6) is 0 Å². The Morgan fingerprint density at radius 1 is 1.23 bits per heavy atom. The summed E-state index contributed by atoms with van der Waals surface area (Å²) in [5, 5.41) is 16.2. The molecule has 140 valence electrons.